The van der Waals surface area contributed by atoms with Crippen molar-refractivity contribution in [2.75, 3.05) is 19.1 Å². The Labute approximate surface area is 175 Å². The molecule has 1 aliphatic rings. The van der Waals surface area contributed by atoms with Crippen molar-refractivity contribution in [3.05, 3.63) is 64.0 Å². The average molecular weight is 431 g/mol. The summed E-state index contributed by atoms with van der Waals surface area (Å²) >= 11 is 0.364. The van der Waals surface area contributed by atoms with Gasteiger partial charge in [-0.05, 0) is 31.2 Å². The van der Waals surface area contributed by atoms with Crippen LogP contribution in [0.25, 0.3) is 11.0 Å². The van der Waals surface area contributed by atoms with Crippen molar-refractivity contribution in [2.45, 2.75) is 29.4 Å². The molecule has 0 spiro atoms. The van der Waals surface area contributed by atoms with Crippen molar-refractivity contribution in [1.29, 1.82) is 0 Å². The number of methoxy groups -OCH3 is 1. The number of benzene rings is 2. The van der Waals surface area contributed by atoms with E-state index in [0.29, 0.717) is 33.4 Å². The molecule has 8 heteroatoms. The van der Waals surface area contributed by atoms with Gasteiger partial charge in [0.15, 0.2) is 0 Å². The largest absolute Gasteiger partial charge is 0.496 e. The predicted molar refractivity (Wildman–Crippen MR) is 112 cm³/mol. The number of nitrogens with zero attached hydrogens (tertiary/aromatic N) is 1. The maximum atomic E-state index is 14.9. The maximum absolute atomic E-state index is 14.9. The number of rotatable bonds is 5. The zero-order valence-corrected chi connectivity index (χ0v) is 17.4. The van der Waals surface area contributed by atoms with E-state index < -0.39 is 23.2 Å². The Morgan fingerprint density at radius 2 is 1.87 bits per heavy atom. The first kappa shape index (κ1) is 20.4. The van der Waals surface area contributed by atoms with Crippen LogP contribution in [0.4, 0.5) is 14.5 Å². The van der Waals surface area contributed by atoms with Crippen LogP contribution in [0.5, 0.6) is 5.75 Å². The molecule has 0 radical (unpaired) electrons. The number of carbonyl (C=O) groups is 1. The molecule has 2 heterocycles. The van der Waals surface area contributed by atoms with Gasteiger partial charge in [0.2, 0.25) is 5.91 Å². The van der Waals surface area contributed by atoms with Gasteiger partial charge in [-0.25, -0.2) is 4.79 Å². The van der Waals surface area contributed by atoms with Crippen LogP contribution in [0, 0.1) is 0 Å². The fourth-order valence-electron chi connectivity index (χ4n) is 3.88. The fourth-order valence-corrected chi connectivity index (χ4v) is 4.73. The predicted octanol–water partition coefficient (Wildman–Crippen LogP) is 4.81. The van der Waals surface area contributed by atoms with Crippen LogP contribution in [-0.2, 0) is 11.2 Å². The summed E-state index contributed by atoms with van der Waals surface area (Å²) in [5.41, 5.74) is -0.173. The smallest absolute Gasteiger partial charge is 0.341 e. The molecule has 1 amide bonds. The molecular formula is C22H19F2NO4S. The molecule has 3 aromatic rings. The lowest BCUT2D eigenvalue weighted by Gasteiger charge is -2.32. The molecule has 0 N–H and O–H groups in total. The van der Waals surface area contributed by atoms with E-state index in [1.807, 2.05) is 0 Å². The van der Waals surface area contributed by atoms with Gasteiger partial charge < -0.3 is 14.1 Å². The van der Waals surface area contributed by atoms with Crippen molar-refractivity contribution in [1.82, 2.24) is 0 Å². The standard InChI is InChI=1S/C22H19F2NO4S/c1-12-17-15(28-3)9-10-16-18(17)19(25(2)20(12)26)14(21(27)29-16)11-22(23,24)30-13-7-5-4-6-8-13/h4-10,12H,11H2,1-3H3. The van der Waals surface area contributed by atoms with Crippen LogP contribution in [0.3, 0.4) is 0 Å². The third-order valence-corrected chi connectivity index (χ3v) is 6.17. The molecule has 4 rings (SSSR count). The molecule has 30 heavy (non-hydrogen) atoms. The van der Waals surface area contributed by atoms with Crippen LogP contribution in [-0.4, -0.2) is 25.3 Å². The second kappa shape index (κ2) is 7.43. The highest BCUT2D eigenvalue weighted by molar-refractivity contribution is 8.00. The first-order valence-electron chi connectivity index (χ1n) is 9.29. The number of alkyl halides is 2. The summed E-state index contributed by atoms with van der Waals surface area (Å²) in [5, 5.41) is -2.83. The minimum absolute atomic E-state index is 0.159. The Hall–Kier alpha value is -2.87. The topological polar surface area (TPSA) is 59.8 Å². The van der Waals surface area contributed by atoms with Gasteiger partial charge in [-0.3, -0.25) is 4.79 Å². The molecule has 0 bridgehead atoms. The van der Waals surface area contributed by atoms with Crippen LogP contribution in [0.15, 0.2) is 56.6 Å². The number of carbonyl (C=O) groups excluding carboxylic acids is 1. The number of halogens is 2. The lowest BCUT2D eigenvalue weighted by atomic mass is 9.88. The third-order valence-electron chi connectivity index (χ3n) is 5.22. The van der Waals surface area contributed by atoms with Crippen molar-refractivity contribution in [3.63, 3.8) is 0 Å². The molecule has 1 atom stereocenters. The average Bonchev–Trinajstić information content (AvgIpc) is 2.71. The summed E-state index contributed by atoms with van der Waals surface area (Å²) in [6, 6.07) is 11.4. The second-order valence-corrected chi connectivity index (χ2v) is 8.39. The Kier molecular flexibility index (Phi) is 5.05. The molecule has 156 valence electrons. The van der Waals surface area contributed by atoms with E-state index in [1.54, 1.807) is 49.4 Å². The minimum atomic E-state index is -3.29. The SMILES string of the molecule is COc1ccc2oc(=O)c(CC(F)(F)Sc3ccccc3)c3c2c1C(C)C(=O)N3C. The van der Waals surface area contributed by atoms with E-state index >= 15 is 0 Å². The van der Waals surface area contributed by atoms with Crippen molar-refractivity contribution in [3.8, 4) is 5.75 Å². The second-order valence-electron chi connectivity index (χ2n) is 7.12. The van der Waals surface area contributed by atoms with E-state index in [1.165, 1.54) is 19.1 Å². The Morgan fingerprint density at radius 3 is 2.53 bits per heavy atom. The van der Waals surface area contributed by atoms with E-state index in [0.717, 1.165) is 0 Å². The lowest BCUT2D eigenvalue weighted by Crippen LogP contribution is -2.37. The molecule has 5 nitrogen and oxygen atoms in total. The van der Waals surface area contributed by atoms with Crippen LogP contribution in [0.2, 0.25) is 0 Å². The molecule has 1 aliphatic heterocycles. The van der Waals surface area contributed by atoms with Crippen LogP contribution < -0.4 is 15.3 Å². The number of likely N-dealkylation sites (N-methyl/N-ethyl adjacent to an activating group) is 1. The lowest BCUT2D eigenvalue weighted by molar-refractivity contribution is -0.119. The number of hydrogen-bond acceptors (Lipinski definition) is 5. The zero-order chi connectivity index (χ0) is 21.6. The number of thioether (sulfide) groups is 1. The Balaban J connectivity index is 1.90. The van der Waals surface area contributed by atoms with E-state index in [9.17, 15) is 18.4 Å². The quantitative estimate of drug-likeness (QED) is 0.429. The Bertz CT molecular complexity index is 1190. The normalized spacial score (nSPS) is 16.2. The van der Waals surface area contributed by atoms with Gasteiger partial charge in [0.1, 0.15) is 11.3 Å². The summed E-state index contributed by atoms with van der Waals surface area (Å²) < 4.78 is 40.6. The summed E-state index contributed by atoms with van der Waals surface area (Å²) in [6.07, 6.45) is -0.872. The highest BCUT2D eigenvalue weighted by Gasteiger charge is 2.39. The molecule has 1 unspecified atom stereocenters. The van der Waals surface area contributed by atoms with E-state index in [-0.39, 0.29) is 22.7 Å². The molecule has 0 fully saturated rings. The molecular weight excluding hydrogens is 412 g/mol. The zero-order valence-electron chi connectivity index (χ0n) is 16.6. The van der Waals surface area contributed by atoms with Gasteiger partial charge in [0, 0.05) is 22.9 Å². The molecule has 1 aromatic heterocycles. The molecule has 0 aliphatic carbocycles. The Morgan fingerprint density at radius 1 is 1.17 bits per heavy atom. The summed E-state index contributed by atoms with van der Waals surface area (Å²) in [4.78, 5) is 27.2. The van der Waals surface area contributed by atoms with E-state index in [4.69, 9.17) is 9.15 Å². The summed E-state index contributed by atoms with van der Waals surface area (Å²) in [7, 11) is 2.96. The van der Waals surface area contributed by atoms with Crippen LogP contribution in [0.1, 0.15) is 24.0 Å². The number of amides is 1. The van der Waals surface area contributed by atoms with Gasteiger partial charge in [0.05, 0.1) is 30.7 Å². The first-order valence-corrected chi connectivity index (χ1v) is 10.1. The fraction of sp³-hybridized carbons (Fsp3) is 0.273. The monoisotopic (exact) mass is 431 g/mol. The molecule has 2 aromatic carbocycles. The third kappa shape index (κ3) is 3.35. The van der Waals surface area contributed by atoms with Crippen molar-refractivity contribution < 1.29 is 22.7 Å². The number of ether oxygens (including phenoxy) is 1. The van der Waals surface area contributed by atoms with Crippen LogP contribution >= 0.6 is 11.8 Å². The number of anilines is 1. The highest BCUT2D eigenvalue weighted by atomic mass is 32.2. The van der Waals surface area contributed by atoms with Gasteiger partial charge in [0.25, 0.3) is 0 Å². The first-order chi connectivity index (χ1) is 14.2. The summed E-state index contributed by atoms with van der Waals surface area (Å²) in [5.74, 6) is -0.428. The minimum Gasteiger partial charge on any atom is -0.496 e. The van der Waals surface area contributed by atoms with Crippen molar-refractivity contribution >= 4 is 34.3 Å². The van der Waals surface area contributed by atoms with Gasteiger partial charge in [-0.1, -0.05) is 30.0 Å². The maximum Gasteiger partial charge on any atom is 0.341 e. The molecule has 0 saturated heterocycles. The number of hydrogen-bond donors (Lipinski definition) is 0. The van der Waals surface area contributed by atoms with E-state index in [2.05, 4.69) is 0 Å². The van der Waals surface area contributed by atoms with Gasteiger partial charge in [-0.2, -0.15) is 8.78 Å². The highest BCUT2D eigenvalue weighted by Crippen LogP contribution is 2.46. The van der Waals surface area contributed by atoms with Crippen molar-refractivity contribution in [2.24, 2.45) is 0 Å². The van der Waals surface area contributed by atoms with Gasteiger partial charge >= 0.3 is 10.9 Å². The van der Waals surface area contributed by atoms with Gasteiger partial charge in [-0.15, -0.1) is 0 Å². The summed E-state index contributed by atoms with van der Waals surface area (Å²) in [6.45, 7) is 1.71. The molecule has 0 saturated carbocycles.